The number of ether oxygens (including phenoxy) is 1. The zero-order valence-corrected chi connectivity index (χ0v) is 16.8. The fraction of sp³-hybridized carbons (Fsp3) is 0.391. The Kier molecular flexibility index (Phi) is 5.72. The van der Waals surface area contributed by atoms with E-state index in [0.29, 0.717) is 19.6 Å². The number of carbonyl (C=O) groups is 2. The maximum atomic E-state index is 13.5. The Labute approximate surface area is 174 Å². The molecule has 2 N–H and O–H groups in total. The van der Waals surface area contributed by atoms with Crippen LogP contribution in [-0.4, -0.2) is 47.3 Å². The summed E-state index contributed by atoms with van der Waals surface area (Å²) in [5.41, 5.74) is 3.02. The molecule has 0 unspecified atom stereocenters. The highest BCUT2D eigenvalue weighted by atomic mass is 19.1. The zero-order valence-electron chi connectivity index (χ0n) is 16.8. The molecule has 158 valence electrons. The summed E-state index contributed by atoms with van der Waals surface area (Å²) in [7, 11) is 0. The largest absolute Gasteiger partial charge is 0.465 e. The first-order valence-electron chi connectivity index (χ1n) is 10.2. The number of nitrogens with zero attached hydrogens (tertiary/aromatic N) is 1. The van der Waals surface area contributed by atoms with Crippen molar-refractivity contribution in [2.45, 2.75) is 38.0 Å². The Morgan fingerprint density at radius 1 is 1.17 bits per heavy atom. The molecule has 2 aromatic rings. The van der Waals surface area contributed by atoms with Gasteiger partial charge in [-0.05, 0) is 41.2 Å². The van der Waals surface area contributed by atoms with E-state index in [1.807, 2.05) is 25.1 Å². The molecule has 2 amide bonds. The molecule has 2 heterocycles. The number of hydrogen-bond donors (Lipinski definition) is 2. The number of nitrogens with one attached hydrogen (secondary N) is 1. The molecule has 4 rings (SSSR count). The third-order valence-corrected chi connectivity index (χ3v) is 6.05. The maximum absolute atomic E-state index is 13.5. The lowest BCUT2D eigenvalue weighted by molar-refractivity contribution is -0.151. The number of fused-ring (bicyclic) bond motifs is 1. The van der Waals surface area contributed by atoms with Crippen molar-refractivity contribution in [1.29, 1.82) is 0 Å². The second-order valence-electron chi connectivity index (χ2n) is 8.03. The van der Waals surface area contributed by atoms with E-state index in [2.05, 4.69) is 11.4 Å². The average Bonchev–Trinajstić information content (AvgIpc) is 2.74. The molecule has 30 heavy (non-hydrogen) atoms. The van der Waals surface area contributed by atoms with Crippen LogP contribution in [0.25, 0.3) is 0 Å². The van der Waals surface area contributed by atoms with Crippen molar-refractivity contribution in [3.8, 4) is 0 Å². The van der Waals surface area contributed by atoms with Gasteiger partial charge in [0.25, 0.3) is 5.91 Å². The standard InChI is InChI=1S/C23H25FN2O4/c1-14-13-30-20(12-19(14)25-23(28)29)22(27)26-11-10-15-4-2-3-5-18(15)21(26)16-6-8-17(24)9-7-16/h2-9,14,19-21,25H,10-13H2,1H3,(H,28,29)/t14-,19+,20-,21+/m1/s1. The van der Waals surface area contributed by atoms with Crippen molar-refractivity contribution < 1.29 is 23.8 Å². The molecule has 4 atom stereocenters. The van der Waals surface area contributed by atoms with E-state index in [4.69, 9.17) is 9.84 Å². The minimum Gasteiger partial charge on any atom is -0.465 e. The summed E-state index contributed by atoms with van der Waals surface area (Å²) >= 11 is 0. The Morgan fingerprint density at radius 2 is 1.90 bits per heavy atom. The summed E-state index contributed by atoms with van der Waals surface area (Å²) in [4.78, 5) is 26.4. The number of rotatable bonds is 3. The normalized spacial score (nSPS) is 26.0. The van der Waals surface area contributed by atoms with Gasteiger partial charge in [-0.15, -0.1) is 0 Å². The summed E-state index contributed by atoms with van der Waals surface area (Å²) in [6, 6.07) is 13.5. The molecule has 0 bridgehead atoms. The third-order valence-electron chi connectivity index (χ3n) is 6.05. The molecule has 0 aromatic heterocycles. The minimum absolute atomic E-state index is 0.0138. The summed E-state index contributed by atoms with van der Waals surface area (Å²) < 4.78 is 19.3. The van der Waals surface area contributed by atoms with Gasteiger partial charge in [-0.1, -0.05) is 43.3 Å². The third kappa shape index (κ3) is 4.03. The Morgan fingerprint density at radius 3 is 2.63 bits per heavy atom. The fourth-order valence-electron chi connectivity index (χ4n) is 4.44. The van der Waals surface area contributed by atoms with Gasteiger partial charge in [0.1, 0.15) is 11.9 Å². The Balaban J connectivity index is 1.64. The number of hydrogen-bond acceptors (Lipinski definition) is 3. The van der Waals surface area contributed by atoms with Crippen molar-refractivity contribution in [2.75, 3.05) is 13.2 Å². The first kappa shape index (κ1) is 20.3. The Bertz CT molecular complexity index is 933. The topological polar surface area (TPSA) is 78.9 Å². The van der Waals surface area contributed by atoms with Crippen LogP contribution in [0, 0.1) is 11.7 Å². The molecule has 0 aliphatic carbocycles. The van der Waals surface area contributed by atoms with Gasteiger partial charge in [0.2, 0.25) is 0 Å². The van der Waals surface area contributed by atoms with Gasteiger partial charge in [0.15, 0.2) is 0 Å². The lowest BCUT2D eigenvalue weighted by atomic mass is 9.87. The van der Waals surface area contributed by atoms with Gasteiger partial charge in [-0.25, -0.2) is 9.18 Å². The predicted molar refractivity (Wildman–Crippen MR) is 109 cm³/mol. The second-order valence-corrected chi connectivity index (χ2v) is 8.03. The zero-order chi connectivity index (χ0) is 21.3. The van der Waals surface area contributed by atoms with Crippen LogP contribution < -0.4 is 5.32 Å². The lowest BCUT2D eigenvalue weighted by Gasteiger charge is -2.41. The van der Waals surface area contributed by atoms with Crippen LogP contribution in [-0.2, 0) is 16.0 Å². The Hall–Kier alpha value is -2.93. The summed E-state index contributed by atoms with van der Waals surface area (Å²) in [5.74, 6) is -0.504. The number of amides is 2. The molecule has 0 radical (unpaired) electrons. The van der Waals surface area contributed by atoms with Crippen LogP contribution in [0.15, 0.2) is 48.5 Å². The summed E-state index contributed by atoms with van der Waals surface area (Å²) in [6.07, 6.45) is -0.803. The molecular formula is C23H25FN2O4. The molecule has 1 fully saturated rings. The van der Waals surface area contributed by atoms with E-state index in [-0.39, 0.29) is 29.7 Å². The molecule has 2 aliphatic rings. The highest BCUT2D eigenvalue weighted by Crippen LogP contribution is 2.36. The van der Waals surface area contributed by atoms with Crippen molar-refractivity contribution in [2.24, 2.45) is 5.92 Å². The van der Waals surface area contributed by atoms with Crippen LogP contribution >= 0.6 is 0 Å². The molecule has 6 nitrogen and oxygen atoms in total. The molecule has 1 saturated heterocycles. The molecule has 7 heteroatoms. The van der Waals surface area contributed by atoms with E-state index >= 15 is 0 Å². The van der Waals surface area contributed by atoms with Crippen LogP contribution in [0.3, 0.4) is 0 Å². The molecule has 2 aromatic carbocycles. The van der Waals surface area contributed by atoms with E-state index in [1.54, 1.807) is 17.0 Å². The first-order valence-corrected chi connectivity index (χ1v) is 10.2. The quantitative estimate of drug-likeness (QED) is 0.810. The van der Waals surface area contributed by atoms with Gasteiger partial charge >= 0.3 is 6.09 Å². The van der Waals surface area contributed by atoms with Gasteiger partial charge in [-0.2, -0.15) is 0 Å². The van der Waals surface area contributed by atoms with Crippen LogP contribution in [0.4, 0.5) is 9.18 Å². The first-order chi connectivity index (χ1) is 14.4. The number of carboxylic acid groups (broad SMARTS) is 1. The smallest absolute Gasteiger partial charge is 0.404 e. The molecule has 2 aliphatic heterocycles. The van der Waals surface area contributed by atoms with Crippen LogP contribution in [0.1, 0.15) is 36.1 Å². The van der Waals surface area contributed by atoms with E-state index in [1.165, 1.54) is 17.7 Å². The fourth-order valence-corrected chi connectivity index (χ4v) is 4.44. The SMILES string of the molecule is C[C@@H]1CO[C@@H](C(=O)N2CCc3ccccc3[C@@H]2c2ccc(F)cc2)C[C@@H]1NC(=O)O. The molecule has 0 saturated carbocycles. The van der Waals surface area contributed by atoms with Gasteiger partial charge in [-0.3, -0.25) is 4.79 Å². The van der Waals surface area contributed by atoms with Crippen molar-refractivity contribution in [1.82, 2.24) is 10.2 Å². The van der Waals surface area contributed by atoms with Crippen LogP contribution in [0.5, 0.6) is 0 Å². The number of benzene rings is 2. The van der Waals surface area contributed by atoms with E-state index in [0.717, 1.165) is 17.5 Å². The average molecular weight is 412 g/mol. The van der Waals surface area contributed by atoms with E-state index in [9.17, 15) is 14.0 Å². The highest BCUT2D eigenvalue weighted by Gasteiger charge is 2.39. The number of carbonyl (C=O) groups excluding carboxylic acids is 1. The monoisotopic (exact) mass is 412 g/mol. The number of halogens is 1. The van der Waals surface area contributed by atoms with Crippen LogP contribution in [0.2, 0.25) is 0 Å². The second kappa shape index (κ2) is 8.44. The van der Waals surface area contributed by atoms with Gasteiger partial charge in [0, 0.05) is 19.0 Å². The van der Waals surface area contributed by atoms with Gasteiger partial charge in [0.05, 0.1) is 12.6 Å². The van der Waals surface area contributed by atoms with E-state index < -0.39 is 12.2 Å². The summed E-state index contributed by atoms with van der Waals surface area (Å²) in [5, 5.41) is 11.6. The molecule has 0 spiro atoms. The van der Waals surface area contributed by atoms with Crippen molar-refractivity contribution in [3.63, 3.8) is 0 Å². The lowest BCUT2D eigenvalue weighted by Crippen LogP contribution is -2.53. The van der Waals surface area contributed by atoms with Crippen molar-refractivity contribution in [3.05, 3.63) is 71.0 Å². The summed E-state index contributed by atoms with van der Waals surface area (Å²) in [6.45, 7) is 2.73. The predicted octanol–water partition coefficient (Wildman–Crippen LogP) is 3.36. The molecular weight excluding hydrogens is 387 g/mol. The van der Waals surface area contributed by atoms with Crippen molar-refractivity contribution >= 4 is 12.0 Å². The minimum atomic E-state index is -1.10. The van der Waals surface area contributed by atoms with Gasteiger partial charge < -0.3 is 20.1 Å². The maximum Gasteiger partial charge on any atom is 0.404 e. The highest BCUT2D eigenvalue weighted by molar-refractivity contribution is 5.82.